The van der Waals surface area contributed by atoms with Gasteiger partial charge in [0.1, 0.15) is 10.3 Å². The fourth-order valence-corrected chi connectivity index (χ4v) is 1.39. The van der Waals surface area contributed by atoms with Crippen molar-refractivity contribution in [2.24, 2.45) is 0 Å². The van der Waals surface area contributed by atoms with Crippen molar-refractivity contribution in [2.45, 2.75) is 0 Å². The highest BCUT2D eigenvalue weighted by molar-refractivity contribution is 6.42. The molecule has 0 saturated carbocycles. The molecule has 0 radical (unpaired) electrons. The molecule has 0 aromatic carbocycles. The predicted octanol–water partition coefficient (Wildman–Crippen LogP) is 2.74. The van der Waals surface area contributed by atoms with Crippen molar-refractivity contribution in [1.29, 1.82) is 0 Å². The molecule has 0 bridgehead atoms. The van der Waals surface area contributed by atoms with E-state index in [9.17, 15) is 4.79 Å². The first-order valence-corrected chi connectivity index (χ1v) is 4.80. The number of nitrogens with zero attached hydrogens (tertiary/aromatic N) is 2. The van der Waals surface area contributed by atoms with Gasteiger partial charge in [-0.25, -0.2) is 4.98 Å². The quantitative estimate of drug-likeness (QED) is 0.721. The lowest BCUT2D eigenvalue weighted by molar-refractivity contribution is 0.0827. The van der Waals surface area contributed by atoms with Gasteiger partial charge >= 0.3 is 0 Å². The minimum atomic E-state index is -0.263. The standard InChI is InChI=1S/C8H7Cl3N2O/c1-13(2)8(14)4-3-5(9)7(11)12-6(4)10/h3H,1-2H3. The fourth-order valence-electron chi connectivity index (χ4n) is 0.837. The Labute approximate surface area is 96.6 Å². The second-order valence-corrected chi connectivity index (χ2v) is 3.92. The van der Waals surface area contributed by atoms with E-state index >= 15 is 0 Å². The number of halogens is 3. The molecule has 0 unspecified atom stereocenters. The summed E-state index contributed by atoms with van der Waals surface area (Å²) in [6.07, 6.45) is 0. The molecule has 76 valence electrons. The van der Waals surface area contributed by atoms with Crippen molar-refractivity contribution < 1.29 is 4.79 Å². The first-order valence-electron chi connectivity index (χ1n) is 3.66. The number of amides is 1. The minimum Gasteiger partial charge on any atom is -0.345 e. The van der Waals surface area contributed by atoms with Gasteiger partial charge in [0.2, 0.25) is 0 Å². The van der Waals surface area contributed by atoms with Crippen molar-refractivity contribution in [2.75, 3.05) is 14.1 Å². The smallest absolute Gasteiger partial charge is 0.256 e. The highest BCUT2D eigenvalue weighted by Gasteiger charge is 2.15. The summed E-state index contributed by atoms with van der Waals surface area (Å²) < 4.78 is 0. The third-order valence-electron chi connectivity index (χ3n) is 1.52. The molecule has 0 aliphatic rings. The molecule has 0 atom stereocenters. The summed E-state index contributed by atoms with van der Waals surface area (Å²) in [4.78, 5) is 16.6. The van der Waals surface area contributed by atoms with Gasteiger partial charge in [-0.3, -0.25) is 4.79 Å². The molecule has 1 aromatic rings. The molecule has 0 fully saturated rings. The number of hydrogen-bond donors (Lipinski definition) is 0. The minimum absolute atomic E-state index is 0.0538. The van der Waals surface area contributed by atoms with Crippen LogP contribution in [-0.4, -0.2) is 29.9 Å². The van der Waals surface area contributed by atoms with Crippen LogP contribution < -0.4 is 0 Å². The lowest BCUT2D eigenvalue weighted by atomic mass is 10.2. The van der Waals surface area contributed by atoms with Gasteiger partial charge in [0.05, 0.1) is 10.6 Å². The first-order chi connectivity index (χ1) is 6.43. The van der Waals surface area contributed by atoms with Gasteiger partial charge in [-0.15, -0.1) is 0 Å². The molecule has 0 aliphatic carbocycles. The molecule has 0 N–H and O–H groups in total. The summed E-state index contributed by atoms with van der Waals surface area (Å²) >= 11 is 17.1. The van der Waals surface area contributed by atoms with E-state index < -0.39 is 0 Å². The molecule has 0 spiro atoms. The van der Waals surface area contributed by atoms with Gasteiger partial charge in [0.25, 0.3) is 5.91 Å². The summed E-state index contributed by atoms with van der Waals surface area (Å²) in [7, 11) is 3.22. The van der Waals surface area contributed by atoms with Crippen molar-refractivity contribution in [3.63, 3.8) is 0 Å². The number of hydrogen-bond acceptors (Lipinski definition) is 2. The van der Waals surface area contributed by atoms with E-state index in [1.807, 2.05) is 0 Å². The summed E-state index contributed by atoms with van der Waals surface area (Å²) in [6, 6.07) is 1.40. The van der Waals surface area contributed by atoms with Crippen LogP contribution in [0.4, 0.5) is 0 Å². The summed E-state index contributed by atoms with van der Waals surface area (Å²) in [5, 5.41) is 0.353. The van der Waals surface area contributed by atoms with E-state index in [1.165, 1.54) is 11.0 Å². The Kier molecular flexibility index (Phi) is 3.59. The van der Waals surface area contributed by atoms with Crippen LogP contribution in [0.1, 0.15) is 10.4 Å². The highest BCUT2D eigenvalue weighted by atomic mass is 35.5. The van der Waals surface area contributed by atoms with Crippen LogP contribution in [0.25, 0.3) is 0 Å². The maximum Gasteiger partial charge on any atom is 0.256 e. The number of rotatable bonds is 1. The van der Waals surface area contributed by atoms with Gasteiger partial charge in [0.15, 0.2) is 0 Å². The van der Waals surface area contributed by atoms with E-state index in [1.54, 1.807) is 14.1 Å². The lowest BCUT2D eigenvalue weighted by Gasteiger charge is -2.11. The molecule has 0 saturated heterocycles. The van der Waals surface area contributed by atoms with Crippen molar-refractivity contribution in [3.05, 3.63) is 27.0 Å². The van der Waals surface area contributed by atoms with Crippen molar-refractivity contribution >= 4 is 40.7 Å². The molecule has 1 heterocycles. The summed E-state index contributed by atoms with van der Waals surface area (Å²) in [6.45, 7) is 0. The van der Waals surface area contributed by atoms with Crippen LogP contribution in [0, 0.1) is 0 Å². The second-order valence-electron chi connectivity index (χ2n) is 2.80. The van der Waals surface area contributed by atoms with Crippen LogP contribution in [0.3, 0.4) is 0 Å². The maximum atomic E-state index is 11.5. The summed E-state index contributed by atoms with van der Waals surface area (Å²) in [5.41, 5.74) is 0.242. The average Bonchev–Trinajstić information content (AvgIpc) is 2.10. The van der Waals surface area contributed by atoms with Gasteiger partial charge < -0.3 is 4.90 Å². The molecule has 14 heavy (non-hydrogen) atoms. The molecule has 3 nitrogen and oxygen atoms in total. The molecule has 1 aromatic heterocycles. The normalized spacial score (nSPS) is 10.1. The van der Waals surface area contributed by atoms with E-state index in [0.717, 1.165) is 0 Å². The Morgan fingerprint density at radius 1 is 1.29 bits per heavy atom. The second kappa shape index (κ2) is 4.34. The number of aromatic nitrogens is 1. The molecular weight excluding hydrogens is 246 g/mol. The molecule has 1 amide bonds. The van der Waals surface area contributed by atoms with Gasteiger partial charge in [-0.05, 0) is 6.07 Å². The Morgan fingerprint density at radius 2 is 1.86 bits per heavy atom. The highest BCUT2D eigenvalue weighted by Crippen LogP contribution is 2.25. The van der Waals surface area contributed by atoms with Crippen LogP contribution in [-0.2, 0) is 0 Å². The number of carbonyl (C=O) groups is 1. The van der Waals surface area contributed by atoms with Crippen LogP contribution >= 0.6 is 34.8 Å². The lowest BCUT2D eigenvalue weighted by Crippen LogP contribution is -2.22. The fraction of sp³-hybridized carbons (Fsp3) is 0.250. The zero-order valence-corrected chi connectivity index (χ0v) is 9.78. The topological polar surface area (TPSA) is 33.2 Å². The van der Waals surface area contributed by atoms with Crippen LogP contribution in [0.2, 0.25) is 15.3 Å². The Hall–Kier alpha value is -0.510. The zero-order chi connectivity index (χ0) is 10.9. The van der Waals surface area contributed by atoms with Gasteiger partial charge in [-0.1, -0.05) is 34.8 Å². The maximum absolute atomic E-state index is 11.5. The van der Waals surface area contributed by atoms with E-state index in [0.29, 0.717) is 0 Å². The summed E-state index contributed by atoms with van der Waals surface area (Å²) in [5.74, 6) is -0.263. The zero-order valence-electron chi connectivity index (χ0n) is 7.51. The van der Waals surface area contributed by atoms with E-state index in [4.69, 9.17) is 34.8 Å². The Balaban J connectivity index is 3.22. The Morgan fingerprint density at radius 3 is 2.36 bits per heavy atom. The molecular formula is C8H7Cl3N2O. The van der Waals surface area contributed by atoms with Crippen molar-refractivity contribution in [3.8, 4) is 0 Å². The predicted molar refractivity (Wildman–Crippen MR) is 57.3 cm³/mol. The molecule has 0 aliphatic heterocycles. The van der Waals surface area contributed by atoms with E-state index in [-0.39, 0.29) is 26.8 Å². The molecule has 6 heteroatoms. The Bertz CT molecular complexity index is 379. The largest absolute Gasteiger partial charge is 0.345 e. The third-order valence-corrected chi connectivity index (χ3v) is 2.48. The third kappa shape index (κ3) is 2.29. The first kappa shape index (κ1) is 11.6. The SMILES string of the molecule is CN(C)C(=O)c1cc(Cl)c(Cl)nc1Cl. The molecule has 1 rings (SSSR count). The van der Waals surface area contributed by atoms with Crippen LogP contribution in [0.5, 0.6) is 0 Å². The van der Waals surface area contributed by atoms with Gasteiger partial charge in [-0.2, -0.15) is 0 Å². The van der Waals surface area contributed by atoms with Crippen molar-refractivity contribution in [1.82, 2.24) is 9.88 Å². The number of pyridine rings is 1. The monoisotopic (exact) mass is 252 g/mol. The van der Waals surface area contributed by atoms with Gasteiger partial charge in [0, 0.05) is 14.1 Å². The average molecular weight is 254 g/mol. The number of carbonyl (C=O) groups excluding carboxylic acids is 1. The van der Waals surface area contributed by atoms with Crippen LogP contribution in [0.15, 0.2) is 6.07 Å². The van der Waals surface area contributed by atoms with E-state index in [2.05, 4.69) is 4.98 Å².